The van der Waals surface area contributed by atoms with E-state index in [4.69, 9.17) is 4.74 Å². The highest BCUT2D eigenvalue weighted by atomic mass is 32.1. The van der Waals surface area contributed by atoms with E-state index in [1.165, 1.54) is 17.0 Å². The van der Waals surface area contributed by atoms with Crippen LogP contribution in [0.1, 0.15) is 16.0 Å². The Morgan fingerprint density at radius 2 is 1.79 bits per heavy atom. The van der Waals surface area contributed by atoms with Crippen molar-refractivity contribution in [2.45, 2.75) is 0 Å². The first kappa shape index (κ1) is 14.7. The van der Waals surface area contributed by atoms with Crippen molar-refractivity contribution in [1.29, 1.82) is 0 Å². The molecule has 1 aliphatic rings. The van der Waals surface area contributed by atoms with Crippen LogP contribution in [0, 0.1) is 10.1 Å². The highest BCUT2D eigenvalue weighted by Crippen LogP contribution is 2.42. The summed E-state index contributed by atoms with van der Waals surface area (Å²) in [7, 11) is 0. The predicted molar refractivity (Wildman–Crippen MR) is 95.3 cm³/mol. The summed E-state index contributed by atoms with van der Waals surface area (Å²) in [6, 6.07) is 18.7. The number of nitro benzene ring substituents is 1. The summed E-state index contributed by atoms with van der Waals surface area (Å²) >= 11 is 1.68. The minimum atomic E-state index is -0.384. The molecule has 0 atom stereocenters. The van der Waals surface area contributed by atoms with Gasteiger partial charge in [0.1, 0.15) is 12.4 Å². The molecule has 0 radical (unpaired) electrons. The van der Waals surface area contributed by atoms with Crippen molar-refractivity contribution < 1.29 is 9.66 Å². The molecule has 0 fully saturated rings. The Morgan fingerprint density at radius 1 is 1.00 bits per heavy atom. The highest BCUT2D eigenvalue weighted by molar-refractivity contribution is 7.11. The van der Waals surface area contributed by atoms with Crippen molar-refractivity contribution in [3.05, 3.63) is 92.2 Å². The third-order valence-corrected chi connectivity index (χ3v) is 4.91. The van der Waals surface area contributed by atoms with Gasteiger partial charge in [0.2, 0.25) is 0 Å². The maximum atomic E-state index is 10.9. The van der Waals surface area contributed by atoms with Gasteiger partial charge in [0.05, 0.1) is 4.92 Å². The van der Waals surface area contributed by atoms with Crippen LogP contribution >= 0.6 is 11.3 Å². The van der Waals surface area contributed by atoms with E-state index in [0.717, 1.165) is 28.0 Å². The number of fused-ring (bicyclic) bond motifs is 1. The topological polar surface area (TPSA) is 52.4 Å². The highest BCUT2D eigenvalue weighted by Gasteiger charge is 2.23. The third-order valence-electron chi connectivity index (χ3n) is 4.02. The molecule has 0 aliphatic carbocycles. The maximum absolute atomic E-state index is 10.9. The summed E-state index contributed by atoms with van der Waals surface area (Å²) in [6.07, 6.45) is 0. The van der Waals surface area contributed by atoms with Gasteiger partial charge in [0, 0.05) is 33.7 Å². The van der Waals surface area contributed by atoms with E-state index in [1.54, 1.807) is 23.5 Å². The minimum Gasteiger partial charge on any atom is -0.488 e. The fourth-order valence-corrected chi connectivity index (χ4v) is 3.71. The van der Waals surface area contributed by atoms with Crippen molar-refractivity contribution >= 4 is 28.2 Å². The predicted octanol–water partition coefficient (Wildman–Crippen LogP) is 5.01. The number of benzene rings is 2. The van der Waals surface area contributed by atoms with Crippen LogP contribution in [-0.4, -0.2) is 11.5 Å². The summed E-state index contributed by atoms with van der Waals surface area (Å²) in [5.41, 5.74) is 4.28. The van der Waals surface area contributed by atoms with Crippen LogP contribution in [0.4, 0.5) is 5.69 Å². The first-order valence-corrected chi connectivity index (χ1v) is 8.36. The van der Waals surface area contributed by atoms with Crippen LogP contribution in [0.15, 0.2) is 66.0 Å². The average molecular weight is 335 g/mol. The zero-order valence-electron chi connectivity index (χ0n) is 12.6. The van der Waals surface area contributed by atoms with Gasteiger partial charge in [0.25, 0.3) is 5.69 Å². The molecule has 4 nitrogen and oxygen atoms in total. The molecule has 0 saturated heterocycles. The SMILES string of the molecule is O=[N+]([O-])c1ccc(C2=C(c3cccs3)c3ccccc3OC2)cc1. The molecule has 0 saturated carbocycles. The molecule has 118 valence electrons. The minimum absolute atomic E-state index is 0.0918. The molecule has 5 heteroatoms. The normalized spacial score (nSPS) is 13.3. The number of non-ortho nitro benzene ring substituents is 1. The fourth-order valence-electron chi connectivity index (χ4n) is 2.90. The van der Waals surface area contributed by atoms with Crippen molar-refractivity contribution in [2.75, 3.05) is 6.61 Å². The third kappa shape index (κ3) is 2.49. The quantitative estimate of drug-likeness (QED) is 0.499. The van der Waals surface area contributed by atoms with Gasteiger partial charge in [-0.15, -0.1) is 11.3 Å². The molecule has 0 spiro atoms. The van der Waals surface area contributed by atoms with E-state index in [0.29, 0.717) is 6.61 Å². The lowest BCUT2D eigenvalue weighted by Gasteiger charge is -2.24. The Balaban J connectivity index is 1.91. The number of thiophene rings is 1. The summed E-state index contributed by atoms with van der Waals surface area (Å²) in [6.45, 7) is 0.446. The molecule has 1 aliphatic heterocycles. The fraction of sp³-hybridized carbons (Fsp3) is 0.0526. The first-order valence-electron chi connectivity index (χ1n) is 7.48. The monoisotopic (exact) mass is 335 g/mol. The lowest BCUT2D eigenvalue weighted by atomic mass is 9.91. The van der Waals surface area contributed by atoms with Crippen molar-refractivity contribution in [3.8, 4) is 5.75 Å². The molecule has 2 aromatic carbocycles. The molecular weight excluding hydrogens is 322 g/mol. The average Bonchev–Trinajstić information content (AvgIpc) is 3.15. The lowest BCUT2D eigenvalue weighted by molar-refractivity contribution is -0.384. The molecule has 3 aromatic rings. The standard InChI is InChI=1S/C19H13NO3S/c21-20(22)14-9-7-13(8-10-14)16-12-23-17-5-2-1-4-15(17)19(16)18-6-3-11-24-18/h1-11H,12H2. The van der Waals surface area contributed by atoms with Gasteiger partial charge in [-0.1, -0.05) is 24.3 Å². The number of nitrogens with zero attached hydrogens (tertiary/aromatic N) is 1. The van der Waals surface area contributed by atoms with Crippen molar-refractivity contribution in [1.82, 2.24) is 0 Å². The maximum Gasteiger partial charge on any atom is 0.269 e. The second kappa shape index (κ2) is 5.94. The van der Waals surface area contributed by atoms with E-state index in [9.17, 15) is 10.1 Å². The van der Waals surface area contributed by atoms with Gasteiger partial charge in [0.15, 0.2) is 0 Å². The zero-order valence-corrected chi connectivity index (χ0v) is 13.5. The number of nitro groups is 1. The van der Waals surface area contributed by atoms with E-state index in [1.807, 2.05) is 29.6 Å². The van der Waals surface area contributed by atoms with Gasteiger partial charge in [-0.25, -0.2) is 0 Å². The first-order chi connectivity index (χ1) is 11.7. The molecule has 24 heavy (non-hydrogen) atoms. The Bertz CT molecular complexity index is 928. The Kier molecular flexibility index (Phi) is 3.63. The molecule has 0 N–H and O–H groups in total. The molecule has 4 rings (SSSR count). The molecular formula is C19H13NO3S. The van der Waals surface area contributed by atoms with Crippen LogP contribution in [0.2, 0.25) is 0 Å². The Labute approximate surface area is 142 Å². The van der Waals surface area contributed by atoms with Gasteiger partial charge in [-0.05, 0) is 35.2 Å². The van der Waals surface area contributed by atoms with Gasteiger partial charge in [-0.3, -0.25) is 10.1 Å². The van der Waals surface area contributed by atoms with Crippen LogP contribution in [0.25, 0.3) is 11.1 Å². The van der Waals surface area contributed by atoms with E-state index < -0.39 is 0 Å². The molecule has 1 aromatic heterocycles. The number of para-hydroxylation sites is 1. The van der Waals surface area contributed by atoms with Crippen molar-refractivity contribution in [3.63, 3.8) is 0 Å². The molecule has 0 bridgehead atoms. The Morgan fingerprint density at radius 3 is 2.50 bits per heavy atom. The summed E-state index contributed by atoms with van der Waals surface area (Å²) in [4.78, 5) is 11.7. The summed E-state index contributed by atoms with van der Waals surface area (Å²) < 4.78 is 5.91. The number of hydrogen-bond donors (Lipinski definition) is 0. The van der Waals surface area contributed by atoms with Gasteiger partial charge >= 0.3 is 0 Å². The number of ether oxygens (including phenoxy) is 1. The summed E-state index contributed by atoms with van der Waals surface area (Å²) in [5, 5.41) is 12.9. The van der Waals surface area contributed by atoms with Gasteiger partial charge in [-0.2, -0.15) is 0 Å². The van der Waals surface area contributed by atoms with Gasteiger partial charge < -0.3 is 4.74 Å². The van der Waals surface area contributed by atoms with Crippen molar-refractivity contribution in [2.24, 2.45) is 0 Å². The Hall–Kier alpha value is -2.92. The largest absolute Gasteiger partial charge is 0.488 e. The number of hydrogen-bond acceptors (Lipinski definition) is 4. The molecule has 0 amide bonds. The smallest absolute Gasteiger partial charge is 0.269 e. The zero-order chi connectivity index (χ0) is 16.5. The van der Waals surface area contributed by atoms with E-state index >= 15 is 0 Å². The molecule has 2 heterocycles. The van der Waals surface area contributed by atoms with Crippen LogP contribution < -0.4 is 4.74 Å². The van der Waals surface area contributed by atoms with Crippen LogP contribution in [-0.2, 0) is 0 Å². The van der Waals surface area contributed by atoms with Crippen LogP contribution in [0.3, 0.4) is 0 Å². The lowest BCUT2D eigenvalue weighted by Crippen LogP contribution is -2.11. The summed E-state index contributed by atoms with van der Waals surface area (Å²) in [5.74, 6) is 0.867. The molecule has 0 unspecified atom stereocenters. The second-order valence-corrected chi connectivity index (χ2v) is 6.37. The van der Waals surface area contributed by atoms with Crippen LogP contribution in [0.5, 0.6) is 5.75 Å². The van der Waals surface area contributed by atoms with E-state index in [-0.39, 0.29) is 10.6 Å². The second-order valence-electron chi connectivity index (χ2n) is 5.42. The van der Waals surface area contributed by atoms with E-state index in [2.05, 4.69) is 12.1 Å². The number of rotatable bonds is 3.